The molecule has 10 heteroatoms. The quantitative estimate of drug-likeness (QED) is 0.0264. The van der Waals surface area contributed by atoms with Gasteiger partial charge in [-0.1, -0.05) is 448 Å². The van der Waals surface area contributed by atoms with E-state index in [4.69, 9.17) is 24.3 Å². The normalized spacial score (nSPS) is 12.9. The van der Waals surface area contributed by atoms with E-state index in [0.717, 1.165) is 44.9 Å². The molecule has 0 amide bonds. The molecule has 0 fully saturated rings. The van der Waals surface area contributed by atoms with E-state index in [1.165, 1.54) is 398 Å². The average Bonchev–Trinajstić information content (AvgIpc) is 2.57. The van der Waals surface area contributed by atoms with Crippen molar-refractivity contribution < 1.29 is 37.6 Å². The van der Waals surface area contributed by atoms with Gasteiger partial charge in [0.05, 0.1) is 13.2 Å². The second-order valence-corrected chi connectivity index (χ2v) is 31.2. The highest BCUT2D eigenvalue weighted by molar-refractivity contribution is 7.47. The topological polar surface area (TPSA) is 134 Å². The summed E-state index contributed by atoms with van der Waals surface area (Å²) in [6.07, 6.45) is 108. The lowest BCUT2D eigenvalue weighted by atomic mass is 10.0. The average molecular weight is 1390 g/mol. The van der Waals surface area contributed by atoms with Crippen LogP contribution in [-0.2, 0) is 32.7 Å². The molecule has 0 radical (unpaired) electrons. The van der Waals surface area contributed by atoms with Crippen molar-refractivity contribution in [3.63, 3.8) is 0 Å². The molecule has 2 unspecified atom stereocenters. The van der Waals surface area contributed by atoms with Gasteiger partial charge in [0.2, 0.25) is 0 Å². The molecule has 0 rings (SSSR count). The molecule has 574 valence electrons. The fourth-order valence-corrected chi connectivity index (χ4v) is 14.4. The lowest BCUT2D eigenvalue weighted by Crippen LogP contribution is -2.29. The van der Waals surface area contributed by atoms with Gasteiger partial charge in [-0.25, -0.2) is 4.57 Å². The van der Waals surface area contributed by atoms with Gasteiger partial charge in [-0.05, 0) is 51.4 Å². The maximum atomic E-state index is 12.8. The van der Waals surface area contributed by atoms with Crippen LogP contribution in [0.25, 0.3) is 0 Å². The lowest BCUT2D eigenvalue weighted by molar-refractivity contribution is -0.161. The maximum Gasteiger partial charge on any atom is 0.472 e. The third-order valence-electron chi connectivity index (χ3n) is 20.0. The van der Waals surface area contributed by atoms with E-state index in [2.05, 4.69) is 50.3 Å². The van der Waals surface area contributed by atoms with Crippen molar-refractivity contribution in [1.82, 2.24) is 0 Å². The fourth-order valence-electron chi connectivity index (χ4n) is 13.6. The summed E-state index contributed by atoms with van der Waals surface area (Å²) in [5, 5.41) is 0. The van der Waals surface area contributed by atoms with E-state index < -0.39 is 26.5 Å². The predicted octanol–water partition coefficient (Wildman–Crippen LogP) is 29.3. The van der Waals surface area contributed by atoms with Crippen LogP contribution >= 0.6 is 7.82 Å². The summed E-state index contributed by atoms with van der Waals surface area (Å²) in [4.78, 5) is 35.5. The molecule has 3 N–H and O–H groups in total. The van der Waals surface area contributed by atoms with Gasteiger partial charge in [0.1, 0.15) is 6.61 Å². The molecule has 0 aromatic carbocycles. The summed E-state index contributed by atoms with van der Waals surface area (Å²) < 4.78 is 33.3. The minimum absolute atomic E-state index is 0.0573. The molecule has 0 aromatic rings. The molecule has 2 atom stereocenters. The summed E-state index contributed by atoms with van der Waals surface area (Å²) >= 11 is 0. The number of esters is 2. The van der Waals surface area contributed by atoms with Crippen LogP contribution in [0.1, 0.15) is 476 Å². The van der Waals surface area contributed by atoms with Crippen molar-refractivity contribution in [2.75, 3.05) is 26.4 Å². The van der Waals surface area contributed by atoms with Gasteiger partial charge in [-0.15, -0.1) is 0 Å². The van der Waals surface area contributed by atoms with E-state index in [9.17, 15) is 19.0 Å². The number of nitrogens with two attached hydrogens (primary N) is 1. The van der Waals surface area contributed by atoms with Crippen molar-refractivity contribution in [1.29, 1.82) is 0 Å². The van der Waals surface area contributed by atoms with Crippen LogP contribution in [0.15, 0.2) is 36.5 Å². The van der Waals surface area contributed by atoms with Gasteiger partial charge >= 0.3 is 19.8 Å². The lowest BCUT2D eigenvalue weighted by Gasteiger charge is -2.19. The zero-order valence-electron chi connectivity index (χ0n) is 65.1. The van der Waals surface area contributed by atoms with Crippen molar-refractivity contribution in [2.24, 2.45) is 5.73 Å². The molecule has 0 heterocycles. The van der Waals surface area contributed by atoms with Gasteiger partial charge in [0, 0.05) is 19.4 Å². The Kier molecular flexibility index (Phi) is 81.7. The van der Waals surface area contributed by atoms with E-state index in [-0.39, 0.29) is 38.6 Å². The number of phosphoric acid groups is 1. The summed E-state index contributed by atoms with van der Waals surface area (Å²) in [5.74, 6) is -0.797. The highest BCUT2D eigenvalue weighted by Crippen LogP contribution is 2.43. The van der Waals surface area contributed by atoms with E-state index in [1.54, 1.807) is 0 Å². The SMILES string of the molecule is CCCCCCC/C=C\C/C=C\C/C=C\CCCCCCCCCCCCCCCCCCCCCCCCCCCCC(=O)OC(COC(=O)CCCCCCCCCCCCCCCCCCCCCCCCCCCCCCCCCCCCC)COP(=O)(O)OCCN. The van der Waals surface area contributed by atoms with Crippen LogP contribution < -0.4 is 5.73 Å². The van der Waals surface area contributed by atoms with Crippen molar-refractivity contribution in [3.8, 4) is 0 Å². The van der Waals surface area contributed by atoms with Crippen molar-refractivity contribution >= 4 is 19.8 Å². The number of carbonyl (C=O) groups is 2. The zero-order valence-corrected chi connectivity index (χ0v) is 66.0. The highest BCUT2D eigenvalue weighted by Gasteiger charge is 2.26. The van der Waals surface area contributed by atoms with Gasteiger partial charge in [-0.3, -0.25) is 18.6 Å². The minimum atomic E-state index is -4.39. The number of ether oxygens (including phenoxy) is 2. The van der Waals surface area contributed by atoms with Gasteiger partial charge < -0.3 is 20.1 Å². The summed E-state index contributed by atoms with van der Waals surface area (Å²) in [7, 11) is -4.39. The Hall–Kier alpha value is -1.77. The van der Waals surface area contributed by atoms with Crippen molar-refractivity contribution in [3.05, 3.63) is 36.5 Å². The number of rotatable bonds is 84. The first-order chi connectivity index (χ1) is 47.8. The summed E-state index contributed by atoms with van der Waals surface area (Å²) in [6.45, 7) is 3.83. The second kappa shape index (κ2) is 83.2. The highest BCUT2D eigenvalue weighted by atomic mass is 31.2. The largest absolute Gasteiger partial charge is 0.472 e. The van der Waals surface area contributed by atoms with Crippen molar-refractivity contribution in [2.45, 2.75) is 482 Å². The Balaban J connectivity index is 3.70. The second-order valence-electron chi connectivity index (χ2n) is 29.8. The van der Waals surface area contributed by atoms with E-state index in [0.29, 0.717) is 6.42 Å². The molecule has 0 aliphatic carbocycles. The third-order valence-corrected chi connectivity index (χ3v) is 21.0. The van der Waals surface area contributed by atoms with Gasteiger partial charge in [0.15, 0.2) is 6.10 Å². The van der Waals surface area contributed by atoms with Crippen LogP contribution in [0.4, 0.5) is 0 Å². The van der Waals surface area contributed by atoms with Gasteiger partial charge in [-0.2, -0.15) is 0 Å². The van der Waals surface area contributed by atoms with Crippen LogP contribution in [0, 0.1) is 0 Å². The molecule has 0 aromatic heterocycles. The standard InChI is InChI=1S/C87H168NO8P/c1-3-5-7-9-11-13-15-17-19-21-23-25-27-29-31-33-35-37-39-40-41-42-43-44-46-48-50-52-54-56-58-60-62-64-66-68-70-72-74-76-78-80-87(90)96-85(84-95-97(91,92)94-82-81-88)83-93-86(89)79-77-75-73-71-69-67-65-63-61-59-57-55-53-51-49-47-45-38-36-34-32-30-28-26-24-22-20-18-16-14-12-10-8-6-4-2/h15,17,21,23,27,29,85H,3-14,16,18-20,22,24-26,28,30-84,88H2,1-2H3,(H,91,92)/b17-15-,23-21-,29-27-. The smallest absolute Gasteiger partial charge is 0.462 e. The van der Waals surface area contributed by atoms with E-state index in [1.807, 2.05) is 0 Å². The zero-order chi connectivity index (χ0) is 70.0. The molecule has 9 nitrogen and oxygen atoms in total. The molecule has 0 spiro atoms. The Bertz CT molecular complexity index is 1690. The van der Waals surface area contributed by atoms with Gasteiger partial charge in [0.25, 0.3) is 0 Å². The number of hydrogen-bond donors (Lipinski definition) is 2. The first-order valence-corrected chi connectivity index (χ1v) is 45.0. The number of hydrogen-bond acceptors (Lipinski definition) is 8. The first kappa shape index (κ1) is 95.2. The molecular formula is C87H168NO8P. The molecule has 0 aliphatic rings. The maximum absolute atomic E-state index is 12.8. The van der Waals surface area contributed by atoms with Crippen LogP contribution in [0.5, 0.6) is 0 Å². The molecule has 0 saturated heterocycles. The van der Waals surface area contributed by atoms with Crippen LogP contribution in [-0.4, -0.2) is 49.3 Å². The van der Waals surface area contributed by atoms with E-state index >= 15 is 0 Å². The fraction of sp³-hybridized carbons (Fsp3) is 0.908. The number of allylic oxidation sites excluding steroid dienone is 6. The number of carbonyl (C=O) groups excluding carboxylic acids is 2. The summed E-state index contributed by atoms with van der Waals surface area (Å²) in [5.41, 5.74) is 5.42. The van der Waals surface area contributed by atoms with Crippen LogP contribution in [0.2, 0.25) is 0 Å². The molecule has 0 bridgehead atoms. The Morgan fingerprint density at radius 3 is 0.794 bits per heavy atom. The molecule has 0 saturated carbocycles. The predicted molar refractivity (Wildman–Crippen MR) is 423 cm³/mol. The summed E-state index contributed by atoms with van der Waals surface area (Å²) in [6, 6.07) is 0. The third kappa shape index (κ3) is 83.1. The number of phosphoric ester groups is 1. The number of unbranched alkanes of at least 4 members (excludes halogenated alkanes) is 65. The Morgan fingerprint density at radius 1 is 0.309 bits per heavy atom. The first-order valence-electron chi connectivity index (χ1n) is 43.5. The Labute approximate surface area is 605 Å². The minimum Gasteiger partial charge on any atom is -0.462 e. The molecule has 0 aliphatic heterocycles. The molecule has 97 heavy (non-hydrogen) atoms. The Morgan fingerprint density at radius 2 is 0.536 bits per heavy atom. The van der Waals surface area contributed by atoms with Crippen LogP contribution in [0.3, 0.4) is 0 Å². The molecular weight excluding hydrogens is 1220 g/mol. The monoisotopic (exact) mass is 1390 g/mol.